The van der Waals surface area contributed by atoms with Crippen LogP contribution in [0.2, 0.25) is 0 Å². The predicted octanol–water partition coefficient (Wildman–Crippen LogP) is 4.23. The smallest absolute Gasteiger partial charge is 0.312 e. The lowest BCUT2D eigenvalue weighted by molar-refractivity contribution is -0.385. The number of halogens is 1. The zero-order chi connectivity index (χ0) is 15.6. The fraction of sp³-hybridized carbons (Fsp3) is 0.200. The molecule has 0 amide bonds. The molecule has 0 spiro atoms. The van der Waals surface area contributed by atoms with Crippen molar-refractivity contribution in [2.45, 2.75) is 20.4 Å². The van der Waals surface area contributed by atoms with Crippen LogP contribution in [-0.2, 0) is 6.54 Å². The van der Waals surface area contributed by atoms with Crippen molar-refractivity contribution in [2.24, 2.45) is 5.73 Å². The van der Waals surface area contributed by atoms with Gasteiger partial charge >= 0.3 is 5.69 Å². The molecule has 6 heteroatoms. The molecule has 110 valence electrons. The topological polar surface area (TPSA) is 78.4 Å². The molecule has 0 radical (unpaired) electrons. The molecule has 0 aliphatic heterocycles. The first-order chi connectivity index (χ1) is 9.92. The maximum atomic E-state index is 11.2. The Morgan fingerprint density at radius 1 is 1.24 bits per heavy atom. The van der Waals surface area contributed by atoms with Crippen LogP contribution in [0.5, 0.6) is 11.5 Å². The second kappa shape index (κ2) is 6.24. The van der Waals surface area contributed by atoms with Crippen LogP contribution < -0.4 is 10.5 Å². The van der Waals surface area contributed by atoms with E-state index in [0.717, 1.165) is 11.1 Å². The third kappa shape index (κ3) is 3.40. The minimum Gasteiger partial charge on any atom is -0.450 e. The van der Waals surface area contributed by atoms with Gasteiger partial charge in [0.05, 0.1) is 4.92 Å². The van der Waals surface area contributed by atoms with Crippen molar-refractivity contribution in [1.29, 1.82) is 0 Å². The molecule has 0 atom stereocenters. The van der Waals surface area contributed by atoms with Gasteiger partial charge in [0.1, 0.15) is 5.75 Å². The number of aryl methyl sites for hydroxylation is 2. The third-order valence-electron chi connectivity index (χ3n) is 3.12. The maximum Gasteiger partial charge on any atom is 0.312 e. The van der Waals surface area contributed by atoms with E-state index in [1.807, 2.05) is 19.1 Å². The lowest BCUT2D eigenvalue weighted by atomic mass is 10.1. The SMILES string of the molecule is Cc1ccc(CN)cc1Oc1c(C)cc(Br)cc1[N+](=O)[O-]. The van der Waals surface area contributed by atoms with Gasteiger partial charge in [0.15, 0.2) is 0 Å². The first-order valence-corrected chi connectivity index (χ1v) is 7.13. The second-order valence-corrected chi connectivity index (χ2v) is 5.65. The van der Waals surface area contributed by atoms with Crippen LogP contribution in [0.15, 0.2) is 34.8 Å². The molecular formula is C15H15BrN2O3. The minimum absolute atomic E-state index is 0.0700. The van der Waals surface area contributed by atoms with Crippen molar-refractivity contribution in [3.63, 3.8) is 0 Å². The molecule has 0 unspecified atom stereocenters. The molecule has 0 fully saturated rings. The van der Waals surface area contributed by atoms with Gasteiger partial charge in [-0.1, -0.05) is 28.1 Å². The number of nitrogens with zero attached hydrogens (tertiary/aromatic N) is 1. The van der Waals surface area contributed by atoms with Gasteiger partial charge in [-0.3, -0.25) is 10.1 Å². The van der Waals surface area contributed by atoms with Crippen molar-refractivity contribution in [3.8, 4) is 11.5 Å². The van der Waals surface area contributed by atoms with Crippen LogP contribution in [0.4, 0.5) is 5.69 Å². The summed E-state index contributed by atoms with van der Waals surface area (Å²) in [7, 11) is 0. The average Bonchev–Trinajstić information content (AvgIpc) is 2.43. The summed E-state index contributed by atoms with van der Waals surface area (Å²) in [5, 5.41) is 11.2. The van der Waals surface area contributed by atoms with E-state index in [0.29, 0.717) is 22.3 Å². The molecule has 2 aromatic rings. The molecule has 0 aliphatic carbocycles. The number of nitro benzene ring substituents is 1. The van der Waals surface area contributed by atoms with Crippen molar-refractivity contribution in [1.82, 2.24) is 0 Å². The van der Waals surface area contributed by atoms with Gasteiger partial charge in [-0.15, -0.1) is 0 Å². The van der Waals surface area contributed by atoms with Gasteiger partial charge in [0.25, 0.3) is 0 Å². The Hall–Kier alpha value is -1.92. The molecule has 2 aromatic carbocycles. The molecule has 0 saturated heterocycles. The lowest BCUT2D eigenvalue weighted by Gasteiger charge is -2.12. The van der Waals surface area contributed by atoms with Crippen LogP contribution in [0.25, 0.3) is 0 Å². The van der Waals surface area contributed by atoms with Crippen LogP contribution >= 0.6 is 15.9 Å². The van der Waals surface area contributed by atoms with Crippen molar-refractivity contribution in [2.75, 3.05) is 0 Å². The summed E-state index contributed by atoms with van der Waals surface area (Å²) < 4.78 is 6.46. The van der Waals surface area contributed by atoms with Gasteiger partial charge in [0.2, 0.25) is 5.75 Å². The Labute approximate surface area is 131 Å². The molecule has 0 aromatic heterocycles. The molecule has 0 saturated carbocycles. The lowest BCUT2D eigenvalue weighted by Crippen LogP contribution is -2.00. The number of ether oxygens (including phenoxy) is 1. The number of rotatable bonds is 4. The maximum absolute atomic E-state index is 11.2. The summed E-state index contributed by atoms with van der Waals surface area (Å²) in [4.78, 5) is 10.8. The highest BCUT2D eigenvalue weighted by atomic mass is 79.9. The normalized spacial score (nSPS) is 10.5. The van der Waals surface area contributed by atoms with Crippen LogP contribution in [-0.4, -0.2) is 4.92 Å². The minimum atomic E-state index is -0.449. The monoisotopic (exact) mass is 350 g/mol. The Kier molecular flexibility index (Phi) is 4.59. The number of hydrogen-bond donors (Lipinski definition) is 1. The zero-order valence-electron chi connectivity index (χ0n) is 11.7. The molecule has 5 nitrogen and oxygen atoms in total. The zero-order valence-corrected chi connectivity index (χ0v) is 13.3. The molecule has 21 heavy (non-hydrogen) atoms. The highest BCUT2D eigenvalue weighted by Crippen LogP contribution is 2.38. The summed E-state index contributed by atoms with van der Waals surface area (Å²) in [6, 6.07) is 8.82. The summed E-state index contributed by atoms with van der Waals surface area (Å²) in [6.45, 7) is 4.04. The van der Waals surface area contributed by atoms with E-state index >= 15 is 0 Å². The first-order valence-electron chi connectivity index (χ1n) is 6.34. The van der Waals surface area contributed by atoms with E-state index in [4.69, 9.17) is 10.5 Å². The summed E-state index contributed by atoms with van der Waals surface area (Å²) in [5.41, 5.74) is 8.04. The molecule has 0 heterocycles. The van der Waals surface area contributed by atoms with Crippen LogP contribution in [0, 0.1) is 24.0 Å². The number of nitrogens with two attached hydrogens (primary N) is 1. The third-order valence-corrected chi connectivity index (χ3v) is 3.57. The fourth-order valence-corrected chi connectivity index (χ4v) is 2.53. The van der Waals surface area contributed by atoms with E-state index in [1.54, 1.807) is 19.1 Å². The Morgan fingerprint density at radius 2 is 1.95 bits per heavy atom. The predicted molar refractivity (Wildman–Crippen MR) is 84.7 cm³/mol. The molecule has 0 bridgehead atoms. The van der Waals surface area contributed by atoms with E-state index in [-0.39, 0.29) is 11.4 Å². The highest BCUT2D eigenvalue weighted by molar-refractivity contribution is 9.10. The van der Waals surface area contributed by atoms with Gasteiger partial charge in [-0.25, -0.2) is 0 Å². The second-order valence-electron chi connectivity index (χ2n) is 4.73. The molecule has 0 aliphatic rings. The summed E-state index contributed by atoms with van der Waals surface area (Å²) >= 11 is 3.26. The van der Waals surface area contributed by atoms with Gasteiger partial charge < -0.3 is 10.5 Å². The Morgan fingerprint density at radius 3 is 2.57 bits per heavy atom. The van der Waals surface area contributed by atoms with Crippen LogP contribution in [0.3, 0.4) is 0 Å². The van der Waals surface area contributed by atoms with Crippen molar-refractivity contribution >= 4 is 21.6 Å². The average molecular weight is 351 g/mol. The van der Waals surface area contributed by atoms with E-state index in [9.17, 15) is 10.1 Å². The molecule has 2 rings (SSSR count). The van der Waals surface area contributed by atoms with Gasteiger partial charge in [-0.05, 0) is 42.7 Å². The number of benzene rings is 2. The standard InChI is InChI=1S/C15H15BrN2O3/c1-9-3-4-11(8-17)6-14(9)21-15-10(2)5-12(16)7-13(15)18(19)20/h3-7H,8,17H2,1-2H3. The number of nitro groups is 1. The van der Waals surface area contributed by atoms with E-state index in [2.05, 4.69) is 15.9 Å². The summed E-state index contributed by atoms with van der Waals surface area (Å²) in [5.74, 6) is 0.826. The summed E-state index contributed by atoms with van der Waals surface area (Å²) in [6.07, 6.45) is 0. The Bertz CT molecular complexity index is 702. The van der Waals surface area contributed by atoms with Crippen molar-refractivity contribution in [3.05, 3.63) is 61.6 Å². The quantitative estimate of drug-likeness (QED) is 0.661. The number of hydrogen-bond acceptors (Lipinski definition) is 4. The Balaban J connectivity index is 2.51. The van der Waals surface area contributed by atoms with Gasteiger partial charge in [-0.2, -0.15) is 0 Å². The highest BCUT2D eigenvalue weighted by Gasteiger charge is 2.20. The van der Waals surface area contributed by atoms with Crippen molar-refractivity contribution < 1.29 is 9.66 Å². The largest absolute Gasteiger partial charge is 0.450 e. The van der Waals surface area contributed by atoms with Gasteiger partial charge in [0, 0.05) is 17.1 Å². The molecule has 2 N–H and O–H groups in total. The fourth-order valence-electron chi connectivity index (χ4n) is 1.97. The van der Waals surface area contributed by atoms with Crippen LogP contribution in [0.1, 0.15) is 16.7 Å². The van der Waals surface area contributed by atoms with E-state index in [1.165, 1.54) is 6.07 Å². The molecular weight excluding hydrogens is 336 g/mol. The van der Waals surface area contributed by atoms with E-state index < -0.39 is 4.92 Å². The first kappa shape index (κ1) is 15.5.